The lowest BCUT2D eigenvalue weighted by atomic mass is 10.1. The molecule has 1 fully saturated rings. The summed E-state index contributed by atoms with van der Waals surface area (Å²) in [4.78, 5) is 35.8. The standard InChI is InChI=1S/C12H21N3O3/c1-4-5-6-7-8-13-10(17)15-11(18)14-9(16)12(15,2)3/h4-8H2,1-3H3,(H,13,17)(H,14,16,18). The van der Waals surface area contributed by atoms with E-state index in [-0.39, 0.29) is 0 Å². The smallest absolute Gasteiger partial charge is 0.333 e. The van der Waals surface area contributed by atoms with Gasteiger partial charge in [-0.3, -0.25) is 10.1 Å². The average Bonchev–Trinajstić information content (AvgIpc) is 2.47. The highest BCUT2D eigenvalue weighted by atomic mass is 16.2. The molecular formula is C12H21N3O3. The summed E-state index contributed by atoms with van der Waals surface area (Å²) in [6.07, 6.45) is 4.18. The molecule has 1 heterocycles. The number of hydrogen-bond acceptors (Lipinski definition) is 3. The fraction of sp³-hybridized carbons (Fsp3) is 0.750. The highest BCUT2D eigenvalue weighted by molar-refractivity contribution is 6.13. The number of carbonyl (C=O) groups excluding carboxylic acids is 3. The predicted octanol–water partition coefficient (Wildman–Crippen LogP) is 1.61. The van der Waals surface area contributed by atoms with E-state index in [1.54, 1.807) is 13.8 Å². The zero-order chi connectivity index (χ0) is 13.8. The van der Waals surface area contributed by atoms with E-state index in [1.165, 1.54) is 0 Å². The van der Waals surface area contributed by atoms with Crippen molar-refractivity contribution in [3.63, 3.8) is 0 Å². The van der Waals surface area contributed by atoms with E-state index in [0.717, 1.165) is 30.6 Å². The molecule has 1 aliphatic heterocycles. The molecule has 102 valence electrons. The molecule has 0 spiro atoms. The Morgan fingerprint density at radius 1 is 1.28 bits per heavy atom. The Labute approximate surface area is 107 Å². The molecule has 0 unspecified atom stereocenters. The van der Waals surface area contributed by atoms with Crippen molar-refractivity contribution >= 4 is 18.0 Å². The topological polar surface area (TPSA) is 78.5 Å². The number of rotatable bonds is 5. The van der Waals surface area contributed by atoms with Gasteiger partial charge in [0.15, 0.2) is 0 Å². The SMILES string of the molecule is CCCCCCNC(=O)N1C(=O)NC(=O)C1(C)C. The Morgan fingerprint density at radius 3 is 2.44 bits per heavy atom. The fourth-order valence-corrected chi connectivity index (χ4v) is 1.83. The van der Waals surface area contributed by atoms with Crippen molar-refractivity contribution in [2.24, 2.45) is 0 Å². The Balaban J connectivity index is 2.46. The van der Waals surface area contributed by atoms with Gasteiger partial charge in [-0.25, -0.2) is 14.5 Å². The molecule has 0 aromatic carbocycles. The molecule has 6 heteroatoms. The van der Waals surface area contributed by atoms with E-state index in [4.69, 9.17) is 0 Å². The lowest BCUT2D eigenvalue weighted by molar-refractivity contribution is -0.124. The molecule has 0 atom stereocenters. The largest absolute Gasteiger partial charge is 0.338 e. The first-order valence-corrected chi connectivity index (χ1v) is 6.34. The highest BCUT2D eigenvalue weighted by Crippen LogP contribution is 2.20. The summed E-state index contributed by atoms with van der Waals surface area (Å²) in [5, 5.41) is 4.80. The third kappa shape index (κ3) is 3.00. The van der Waals surface area contributed by atoms with Crippen molar-refractivity contribution in [1.82, 2.24) is 15.5 Å². The lowest BCUT2D eigenvalue weighted by Crippen LogP contribution is -2.52. The lowest BCUT2D eigenvalue weighted by Gasteiger charge is -2.25. The molecule has 0 aliphatic carbocycles. The number of carbonyl (C=O) groups is 3. The second kappa shape index (κ2) is 5.84. The van der Waals surface area contributed by atoms with Crippen molar-refractivity contribution in [1.29, 1.82) is 0 Å². The number of imide groups is 2. The van der Waals surface area contributed by atoms with Crippen LogP contribution in [0.2, 0.25) is 0 Å². The van der Waals surface area contributed by atoms with Crippen LogP contribution in [0.3, 0.4) is 0 Å². The quantitative estimate of drug-likeness (QED) is 0.578. The van der Waals surface area contributed by atoms with E-state index in [0.29, 0.717) is 6.54 Å². The van der Waals surface area contributed by atoms with Gasteiger partial charge in [0, 0.05) is 6.54 Å². The van der Waals surface area contributed by atoms with Crippen LogP contribution >= 0.6 is 0 Å². The van der Waals surface area contributed by atoms with Crippen LogP contribution in [0.5, 0.6) is 0 Å². The second-order valence-corrected chi connectivity index (χ2v) is 4.95. The van der Waals surface area contributed by atoms with Crippen LogP contribution in [0.1, 0.15) is 46.5 Å². The van der Waals surface area contributed by atoms with Gasteiger partial charge in [-0.1, -0.05) is 26.2 Å². The number of hydrogen-bond donors (Lipinski definition) is 2. The molecule has 0 aromatic rings. The highest BCUT2D eigenvalue weighted by Gasteiger charge is 2.49. The maximum atomic E-state index is 11.9. The summed E-state index contributed by atoms with van der Waals surface area (Å²) in [7, 11) is 0. The van der Waals surface area contributed by atoms with Crippen molar-refractivity contribution in [3.8, 4) is 0 Å². The van der Waals surface area contributed by atoms with Crippen LogP contribution in [0, 0.1) is 0 Å². The Hall–Kier alpha value is -1.59. The Morgan fingerprint density at radius 2 is 1.94 bits per heavy atom. The summed E-state index contributed by atoms with van der Waals surface area (Å²) in [5.74, 6) is -0.450. The summed E-state index contributed by atoms with van der Waals surface area (Å²) in [6, 6.07) is -1.17. The maximum absolute atomic E-state index is 11.9. The van der Waals surface area contributed by atoms with Gasteiger partial charge in [-0.2, -0.15) is 0 Å². The van der Waals surface area contributed by atoms with Crippen molar-refractivity contribution in [2.45, 2.75) is 52.0 Å². The van der Waals surface area contributed by atoms with Gasteiger partial charge < -0.3 is 5.32 Å². The van der Waals surface area contributed by atoms with E-state index < -0.39 is 23.5 Å². The van der Waals surface area contributed by atoms with Crippen LogP contribution in [0.25, 0.3) is 0 Å². The number of nitrogens with one attached hydrogen (secondary N) is 2. The molecular weight excluding hydrogens is 234 g/mol. The minimum absolute atomic E-state index is 0.450. The zero-order valence-electron chi connectivity index (χ0n) is 11.2. The van der Waals surface area contributed by atoms with E-state index in [1.807, 2.05) is 0 Å². The van der Waals surface area contributed by atoms with Crippen LogP contribution < -0.4 is 10.6 Å². The van der Waals surface area contributed by atoms with Crippen molar-refractivity contribution < 1.29 is 14.4 Å². The van der Waals surface area contributed by atoms with Gasteiger partial charge in [0.25, 0.3) is 5.91 Å². The first kappa shape index (κ1) is 14.5. The minimum atomic E-state index is -1.12. The zero-order valence-corrected chi connectivity index (χ0v) is 11.2. The number of unbranched alkanes of at least 4 members (excludes halogenated alkanes) is 3. The molecule has 2 N–H and O–H groups in total. The van der Waals surface area contributed by atoms with Crippen LogP contribution in [0.4, 0.5) is 9.59 Å². The van der Waals surface area contributed by atoms with Gasteiger partial charge in [0.2, 0.25) is 0 Å². The summed E-state index contributed by atoms with van der Waals surface area (Å²) >= 11 is 0. The summed E-state index contributed by atoms with van der Waals surface area (Å²) < 4.78 is 0. The van der Waals surface area contributed by atoms with E-state index >= 15 is 0 Å². The molecule has 0 saturated carbocycles. The molecule has 18 heavy (non-hydrogen) atoms. The second-order valence-electron chi connectivity index (χ2n) is 4.95. The molecule has 0 radical (unpaired) electrons. The normalized spacial score (nSPS) is 17.8. The third-order valence-electron chi connectivity index (χ3n) is 3.05. The Bertz CT molecular complexity index is 352. The molecule has 1 aliphatic rings. The minimum Gasteiger partial charge on any atom is -0.338 e. The maximum Gasteiger partial charge on any atom is 0.333 e. The van der Waals surface area contributed by atoms with E-state index in [9.17, 15) is 14.4 Å². The molecule has 5 amide bonds. The first-order valence-electron chi connectivity index (χ1n) is 6.34. The monoisotopic (exact) mass is 255 g/mol. The van der Waals surface area contributed by atoms with E-state index in [2.05, 4.69) is 17.6 Å². The predicted molar refractivity (Wildman–Crippen MR) is 67.0 cm³/mol. The summed E-state index contributed by atoms with van der Waals surface area (Å²) in [5.41, 5.74) is -1.12. The van der Waals surface area contributed by atoms with Gasteiger partial charge in [0.05, 0.1) is 0 Å². The van der Waals surface area contributed by atoms with Gasteiger partial charge in [-0.05, 0) is 20.3 Å². The van der Waals surface area contributed by atoms with Crippen molar-refractivity contribution in [3.05, 3.63) is 0 Å². The molecule has 0 bridgehead atoms. The Kier molecular flexibility index (Phi) is 4.69. The number of nitrogens with zero attached hydrogens (tertiary/aromatic N) is 1. The molecule has 1 rings (SSSR count). The van der Waals surface area contributed by atoms with Gasteiger partial charge >= 0.3 is 12.1 Å². The van der Waals surface area contributed by atoms with Crippen LogP contribution in [-0.4, -0.2) is 35.0 Å². The number of urea groups is 2. The van der Waals surface area contributed by atoms with Crippen LogP contribution in [-0.2, 0) is 4.79 Å². The van der Waals surface area contributed by atoms with Crippen molar-refractivity contribution in [2.75, 3.05) is 6.54 Å². The first-order chi connectivity index (χ1) is 8.41. The van der Waals surface area contributed by atoms with Gasteiger partial charge in [-0.15, -0.1) is 0 Å². The van der Waals surface area contributed by atoms with Gasteiger partial charge in [0.1, 0.15) is 5.54 Å². The van der Waals surface area contributed by atoms with Crippen LogP contribution in [0.15, 0.2) is 0 Å². The average molecular weight is 255 g/mol. The molecule has 1 saturated heterocycles. The summed E-state index contributed by atoms with van der Waals surface area (Å²) in [6.45, 7) is 5.72. The molecule has 0 aromatic heterocycles. The third-order valence-corrected chi connectivity index (χ3v) is 3.05. The molecule has 6 nitrogen and oxygen atoms in total. The fourth-order valence-electron chi connectivity index (χ4n) is 1.83. The number of amides is 5.